The summed E-state index contributed by atoms with van der Waals surface area (Å²) in [5.74, 6) is -0.211. The SMILES string of the molecule is COC(=O)C1(Nc2ccccc2Cl)CC(C)N(C2CC2)C1. The van der Waals surface area contributed by atoms with Crippen molar-refractivity contribution in [2.24, 2.45) is 0 Å². The highest BCUT2D eigenvalue weighted by Crippen LogP contribution is 2.40. The van der Waals surface area contributed by atoms with Crippen molar-refractivity contribution in [3.63, 3.8) is 0 Å². The maximum atomic E-state index is 12.4. The monoisotopic (exact) mass is 308 g/mol. The molecule has 2 fully saturated rings. The lowest BCUT2D eigenvalue weighted by Gasteiger charge is -2.29. The van der Waals surface area contributed by atoms with Gasteiger partial charge in [0.2, 0.25) is 0 Å². The quantitative estimate of drug-likeness (QED) is 0.868. The summed E-state index contributed by atoms with van der Waals surface area (Å²) >= 11 is 6.23. The van der Waals surface area contributed by atoms with E-state index in [2.05, 4.69) is 17.1 Å². The third-order valence-corrected chi connectivity index (χ3v) is 4.83. The Balaban J connectivity index is 1.88. The fourth-order valence-corrected chi connectivity index (χ4v) is 3.54. The summed E-state index contributed by atoms with van der Waals surface area (Å²) in [4.78, 5) is 14.8. The van der Waals surface area contributed by atoms with Crippen LogP contribution >= 0.6 is 11.6 Å². The van der Waals surface area contributed by atoms with Crippen LogP contribution < -0.4 is 5.32 Å². The highest BCUT2D eigenvalue weighted by molar-refractivity contribution is 6.33. The molecule has 1 heterocycles. The van der Waals surface area contributed by atoms with Crippen molar-refractivity contribution in [1.29, 1.82) is 0 Å². The van der Waals surface area contributed by atoms with Crippen LogP contribution in [0.15, 0.2) is 24.3 Å². The number of likely N-dealkylation sites (tertiary alicyclic amines) is 1. The first-order valence-electron chi connectivity index (χ1n) is 7.42. The van der Waals surface area contributed by atoms with E-state index in [4.69, 9.17) is 16.3 Å². The van der Waals surface area contributed by atoms with Gasteiger partial charge < -0.3 is 10.1 Å². The number of nitrogens with zero attached hydrogens (tertiary/aromatic N) is 1. The van der Waals surface area contributed by atoms with Crippen LogP contribution in [0.1, 0.15) is 26.2 Å². The van der Waals surface area contributed by atoms with Crippen molar-refractivity contribution in [1.82, 2.24) is 4.90 Å². The van der Waals surface area contributed by atoms with Crippen molar-refractivity contribution >= 4 is 23.3 Å². The molecule has 2 aliphatic rings. The van der Waals surface area contributed by atoms with Crippen LogP contribution in [0.3, 0.4) is 0 Å². The number of nitrogens with one attached hydrogen (secondary N) is 1. The van der Waals surface area contributed by atoms with Gasteiger partial charge in [-0.15, -0.1) is 0 Å². The number of para-hydroxylation sites is 1. The average molecular weight is 309 g/mol. The van der Waals surface area contributed by atoms with Gasteiger partial charge in [-0.25, -0.2) is 4.79 Å². The van der Waals surface area contributed by atoms with Gasteiger partial charge in [-0.1, -0.05) is 23.7 Å². The summed E-state index contributed by atoms with van der Waals surface area (Å²) in [6.07, 6.45) is 3.20. The number of hydrogen-bond donors (Lipinski definition) is 1. The average Bonchev–Trinajstić information content (AvgIpc) is 3.25. The molecule has 21 heavy (non-hydrogen) atoms. The Bertz CT molecular complexity index is 547. The van der Waals surface area contributed by atoms with Gasteiger partial charge in [0.25, 0.3) is 0 Å². The molecule has 1 aliphatic heterocycles. The first-order chi connectivity index (χ1) is 10.1. The molecule has 2 atom stereocenters. The molecule has 0 bridgehead atoms. The molecule has 1 saturated heterocycles. The van der Waals surface area contributed by atoms with E-state index in [-0.39, 0.29) is 5.97 Å². The molecule has 1 aliphatic carbocycles. The molecule has 1 N–H and O–H groups in total. The molecule has 2 unspecified atom stereocenters. The van der Waals surface area contributed by atoms with Crippen LogP contribution in [0.4, 0.5) is 5.69 Å². The Kier molecular flexibility index (Phi) is 3.84. The molecule has 4 nitrogen and oxygen atoms in total. The second-order valence-electron chi connectivity index (χ2n) is 6.14. The Morgan fingerprint density at radius 2 is 2.14 bits per heavy atom. The maximum absolute atomic E-state index is 12.4. The third kappa shape index (κ3) is 2.74. The van der Waals surface area contributed by atoms with E-state index in [1.165, 1.54) is 20.0 Å². The van der Waals surface area contributed by atoms with Gasteiger partial charge >= 0.3 is 5.97 Å². The largest absolute Gasteiger partial charge is 0.467 e. The number of anilines is 1. The zero-order valence-electron chi connectivity index (χ0n) is 12.4. The number of benzene rings is 1. The topological polar surface area (TPSA) is 41.6 Å². The minimum absolute atomic E-state index is 0.211. The highest BCUT2D eigenvalue weighted by atomic mass is 35.5. The van der Waals surface area contributed by atoms with Crippen molar-refractivity contribution < 1.29 is 9.53 Å². The smallest absolute Gasteiger partial charge is 0.332 e. The van der Waals surface area contributed by atoms with E-state index in [1.807, 2.05) is 24.3 Å². The van der Waals surface area contributed by atoms with Gasteiger partial charge in [-0.3, -0.25) is 4.90 Å². The van der Waals surface area contributed by atoms with Gasteiger partial charge in [0.1, 0.15) is 5.54 Å². The van der Waals surface area contributed by atoms with E-state index in [0.29, 0.717) is 23.7 Å². The summed E-state index contributed by atoms with van der Waals surface area (Å²) in [5.41, 5.74) is 0.0799. The Hall–Kier alpha value is -1.26. The summed E-state index contributed by atoms with van der Waals surface area (Å²) in [5, 5.41) is 3.99. The van der Waals surface area contributed by atoms with Crippen molar-refractivity contribution in [3.05, 3.63) is 29.3 Å². The van der Waals surface area contributed by atoms with E-state index in [1.54, 1.807) is 0 Å². The molecule has 0 radical (unpaired) electrons. The Morgan fingerprint density at radius 3 is 2.76 bits per heavy atom. The zero-order valence-corrected chi connectivity index (χ0v) is 13.2. The first-order valence-corrected chi connectivity index (χ1v) is 7.80. The van der Waals surface area contributed by atoms with Gasteiger partial charge in [-0.05, 0) is 38.3 Å². The number of esters is 1. The standard InChI is InChI=1S/C16H21ClN2O2/c1-11-9-16(15(20)21-2,10-19(11)12-7-8-12)18-14-6-4-3-5-13(14)17/h3-6,11-12,18H,7-10H2,1-2H3. The van der Waals surface area contributed by atoms with E-state index >= 15 is 0 Å². The summed E-state index contributed by atoms with van der Waals surface area (Å²) in [6.45, 7) is 2.86. The van der Waals surface area contributed by atoms with Crippen molar-refractivity contribution in [2.45, 2.75) is 43.8 Å². The number of hydrogen-bond acceptors (Lipinski definition) is 4. The van der Waals surface area contributed by atoms with Crippen LogP contribution in [0.25, 0.3) is 0 Å². The number of carbonyl (C=O) groups excluding carboxylic acids is 1. The number of halogens is 1. The molecule has 5 heteroatoms. The van der Waals surface area contributed by atoms with E-state index in [0.717, 1.165) is 12.1 Å². The predicted octanol–water partition coefficient (Wildman–Crippen LogP) is 2.92. The Morgan fingerprint density at radius 1 is 1.43 bits per heavy atom. The zero-order chi connectivity index (χ0) is 15.0. The normalized spacial score (nSPS) is 29.4. The predicted molar refractivity (Wildman–Crippen MR) is 83.6 cm³/mol. The van der Waals surface area contributed by atoms with E-state index < -0.39 is 5.54 Å². The van der Waals surface area contributed by atoms with Crippen LogP contribution in [0, 0.1) is 0 Å². The second kappa shape index (κ2) is 5.50. The molecule has 1 aromatic rings. The van der Waals surface area contributed by atoms with Crippen molar-refractivity contribution in [2.75, 3.05) is 19.0 Å². The number of carbonyl (C=O) groups is 1. The molecule has 1 aromatic carbocycles. The van der Waals surface area contributed by atoms with Crippen LogP contribution in [0.5, 0.6) is 0 Å². The number of rotatable bonds is 4. The highest BCUT2D eigenvalue weighted by Gasteiger charge is 2.52. The minimum Gasteiger partial charge on any atom is -0.467 e. The molecule has 0 amide bonds. The van der Waals surface area contributed by atoms with Crippen LogP contribution in [0.2, 0.25) is 5.02 Å². The minimum atomic E-state index is -0.707. The third-order valence-electron chi connectivity index (χ3n) is 4.50. The van der Waals surface area contributed by atoms with Gasteiger partial charge in [0, 0.05) is 18.6 Å². The van der Waals surface area contributed by atoms with Gasteiger partial charge in [0.05, 0.1) is 17.8 Å². The lowest BCUT2D eigenvalue weighted by molar-refractivity contribution is -0.145. The molecule has 0 aromatic heterocycles. The fourth-order valence-electron chi connectivity index (χ4n) is 3.35. The van der Waals surface area contributed by atoms with Crippen LogP contribution in [-0.2, 0) is 9.53 Å². The van der Waals surface area contributed by atoms with Crippen molar-refractivity contribution in [3.8, 4) is 0 Å². The lowest BCUT2D eigenvalue weighted by atomic mass is 9.95. The van der Waals surface area contributed by atoms with Gasteiger partial charge in [-0.2, -0.15) is 0 Å². The summed E-state index contributed by atoms with van der Waals surface area (Å²) < 4.78 is 5.08. The summed E-state index contributed by atoms with van der Waals surface area (Å²) in [6, 6.07) is 8.51. The first kappa shape index (κ1) is 14.7. The molecule has 3 rings (SSSR count). The molecular formula is C16H21ClN2O2. The fraction of sp³-hybridized carbons (Fsp3) is 0.562. The van der Waals surface area contributed by atoms with Crippen LogP contribution in [-0.4, -0.2) is 42.1 Å². The van der Waals surface area contributed by atoms with E-state index in [9.17, 15) is 4.79 Å². The number of ether oxygens (including phenoxy) is 1. The van der Waals surface area contributed by atoms with Gasteiger partial charge in [0.15, 0.2) is 0 Å². The summed E-state index contributed by atoms with van der Waals surface area (Å²) in [7, 11) is 1.45. The molecule has 114 valence electrons. The second-order valence-corrected chi connectivity index (χ2v) is 6.54. The molecule has 0 spiro atoms. The Labute approximate surface area is 130 Å². The lowest BCUT2D eigenvalue weighted by Crippen LogP contribution is -2.49. The molecule has 1 saturated carbocycles. The number of methoxy groups -OCH3 is 1. The maximum Gasteiger partial charge on any atom is 0.332 e. The molecular weight excluding hydrogens is 288 g/mol.